The molecular weight excluding hydrogens is 272 g/mol. The standard InChI is InChI=1S/C19H16N2O/c1-12-8-9-16-15(10-12)11-17(20-16)18-13(2)22-21-19(18)14-6-4-3-5-7-14/h3-11,20H,1-2H3. The van der Waals surface area contributed by atoms with Gasteiger partial charge in [0.1, 0.15) is 11.5 Å². The summed E-state index contributed by atoms with van der Waals surface area (Å²) in [5, 5.41) is 5.46. The minimum Gasteiger partial charge on any atom is -0.360 e. The molecule has 2 aromatic heterocycles. The van der Waals surface area contributed by atoms with Crippen LogP contribution in [0.4, 0.5) is 0 Å². The van der Waals surface area contributed by atoms with Gasteiger partial charge in [0.2, 0.25) is 0 Å². The fourth-order valence-electron chi connectivity index (χ4n) is 2.87. The number of benzene rings is 2. The third-order valence-corrected chi connectivity index (χ3v) is 3.96. The Kier molecular flexibility index (Phi) is 2.86. The number of hydrogen-bond donors (Lipinski definition) is 1. The van der Waals surface area contributed by atoms with E-state index in [1.807, 2.05) is 37.3 Å². The van der Waals surface area contributed by atoms with E-state index in [0.29, 0.717) is 0 Å². The maximum atomic E-state index is 5.45. The molecule has 1 N–H and O–H groups in total. The first kappa shape index (κ1) is 12.9. The summed E-state index contributed by atoms with van der Waals surface area (Å²) in [5.74, 6) is 0.821. The molecule has 2 aromatic carbocycles. The van der Waals surface area contributed by atoms with Crippen molar-refractivity contribution in [3.05, 3.63) is 65.9 Å². The first-order valence-electron chi connectivity index (χ1n) is 7.34. The molecule has 0 fully saturated rings. The van der Waals surface area contributed by atoms with E-state index in [0.717, 1.165) is 33.8 Å². The average molecular weight is 288 g/mol. The SMILES string of the molecule is Cc1ccc2[nH]c(-c3c(-c4ccccc4)noc3C)cc2c1. The molecule has 22 heavy (non-hydrogen) atoms. The van der Waals surface area contributed by atoms with E-state index >= 15 is 0 Å². The van der Waals surface area contributed by atoms with Crippen LogP contribution >= 0.6 is 0 Å². The number of fused-ring (bicyclic) bond motifs is 1. The lowest BCUT2D eigenvalue weighted by atomic mass is 10.0. The quantitative estimate of drug-likeness (QED) is 0.557. The van der Waals surface area contributed by atoms with Crippen molar-refractivity contribution in [2.75, 3.05) is 0 Å². The number of aromatic amines is 1. The lowest BCUT2D eigenvalue weighted by Crippen LogP contribution is -1.83. The molecule has 0 radical (unpaired) electrons. The molecule has 108 valence electrons. The van der Waals surface area contributed by atoms with Gasteiger partial charge in [-0.05, 0) is 32.0 Å². The highest BCUT2D eigenvalue weighted by molar-refractivity contribution is 5.90. The van der Waals surface area contributed by atoms with Gasteiger partial charge in [-0.25, -0.2) is 0 Å². The molecule has 0 spiro atoms. The van der Waals surface area contributed by atoms with Gasteiger partial charge in [-0.3, -0.25) is 0 Å². The molecular formula is C19H16N2O. The van der Waals surface area contributed by atoms with Crippen molar-refractivity contribution in [2.45, 2.75) is 13.8 Å². The lowest BCUT2D eigenvalue weighted by Gasteiger charge is -2.00. The lowest BCUT2D eigenvalue weighted by molar-refractivity contribution is 0.400. The maximum Gasteiger partial charge on any atom is 0.143 e. The summed E-state index contributed by atoms with van der Waals surface area (Å²) < 4.78 is 5.45. The molecule has 4 rings (SSSR count). The van der Waals surface area contributed by atoms with E-state index < -0.39 is 0 Å². The summed E-state index contributed by atoms with van der Waals surface area (Å²) in [7, 11) is 0. The number of rotatable bonds is 2. The molecule has 0 aliphatic rings. The average Bonchev–Trinajstić information content (AvgIpc) is 3.10. The molecule has 0 unspecified atom stereocenters. The van der Waals surface area contributed by atoms with E-state index in [-0.39, 0.29) is 0 Å². The molecule has 2 heterocycles. The van der Waals surface area contributed by atoms with Crippen LogP contribution in [0.2, 0.25) is 0 Å². The molecule has 0 bridgehead atoms. The smallest absolute Gasteiger partial charge is 0.143 e. The van der Waals surface area contributed by atoms with Crippen LogP contribution < -0.4 is 0 Å². The third-order valence-electron chi connectivity index (χ3n) is 3.96. The Morgan fingerprint density at radius 1 is 0.955 bits per heavy atom. The van der Waals surface area contributed by atoms with Gasteiger partial charge in [0.25, 0.3) is 0 Å². The van der Waals surface area contributed by atoms with Crippen molar-refractivity contribution in [3.8, 4) is 22.5 Å². The van der Waals surface area contributed by atoms with Crippen LogP contribution in [0.5, 0.6) is 0 Å². The molecule has 4 aromatic rings. The largest absolute Gasteiger partial charge is 0.360 e. The minimum absolute atomic E-state index is 0.821. The van der Waals surface area contributed by atoms with E-state index in [4.69, 9.17) is 4.52 Å². The van der Waals surface area contributed by atoms with E-state index in [2.05, 4.69) is 41.3 Å². The molecule has 3 nitrogen and oxygen atoms in total. The molecule has 0 amide bonds. The first-order chi connectivity index (χ1) is 10.7. The number of aromatic nitrogens is 2. The Morgan fingerprint density at radius 3 is 2.59 bits per heavy atom. The predicted octanol–water partition coefficient (Wildman–Crippen LogP) is 5.11. The van der Waals surface area contributed by atoms with Crippen molar-refractivity contribution in [3.63, 3.8) is 0 Å². The fraction of sp³-hybridized carbons (Fsp3) is 0.105. The van der Waals surface area contributed by atoms with Crippen LogP contribution in [0.3, 0.4) is 0 Å². The normalized spacial score (nSPS) is 11.2. The molecule has 0 saturated heterocycles. The highest BCUT2D eigenvalue weighted by atomic mass is 16.5. The van der Waals surface area contributed by atoms with E-state index in [1.54, 1.807) is 0 Å². The van der Waals surface area contributed by atoms with Crippen molar-refractivity contribution in [2.24, 2.45) is 0 Å². The molecule has 0 saturated carbocycles. The van der Waals surface area contributed by atoms with Crippen LogP contribution in [0.15, 0.2) is 59.1 Å². The van der Waals surface area contributed by atoms with Crippen molar-refractivity contribution < 1.29 is 4.52 Å². The second-order valence-electron chi connectivity index (χ2n) is 5.60. The summed E-state index contributed by atoms with van der Waals surface area (Å²) in [4.78, 5) is 3.48. The Balaban J connectivity index is 1.93. The van der Waals surface area contributed by atoms with Crippen molar-refractivity contribution in [1.29, 1.82) is 0 Å². The second kappa shape index (κ2) is 4.88. The van der Waals surface area contributed by atoms with Crippen molar-refractivity contribution in [1.82, 2.24) is 10.1 Å². The zero-order chi connectivity index (χ0) is 15.1. The summed E-state index contributed by atoms with van der Waals surface area (Å²) in [5.41, 5.74) is 6.38. The number of nitrogens with zero attached hydrogens (tertiary/aromatic N) is 1. The number of aryl methyl sites for hydroxylation is 2. The Bertz CT molecular complexity index is 948. The van der Waals surface area contributed by atoms with Gasteiger partial charge in [0.05, 0.1) is 11.3 Å². The summed E-state index contributed by atoms with van der Waals surface area (Å²) >= 11 is 0. The van der Waals surface area contributed by atoms with Crippen molar-refractivity contribution >= 4 is 10.9 Å². The maximum absolute atomic E-state index is 5.45. The highest BCUT2D eigenvalue weighted by Gasteiger charge is 2.18. The highest BCUT2D eigenvalue weighted by Crippen LogP contribution is 2.35. The van der Waals surface area contributed by atoms with Gasteiger partial charge in [-0.15, -0.1) is 0 Å². The number of H-pyrrole nitrogens is 1. The van der Waals surface area contributed by atoms with Gasteiger partial charge in [0.15, 0.2) is 0 Å². The van der Waals surface area contributed by atoms with Crippen LogP contribution in [-0.2, 0) is 0 Å². The van der Waals surface area contributed by atoms with Gasteiger partial charge in [-0.2, -0.15) is 0 Å². The molecule has 0 aliphatic carbocycles. The van der Waals surface area contributed by atoms with Crippen LogP contribution in [0.1, 0.15) is 11.3 Å². The molecule has 3 heteroatoms. The zero-order valence-corrected chi connectivity index (χ0v) is 12.6. The number of hydrogen-bond acceptors (Lipinski definition) is 2. The second-order valence-corrected chi connectivity index (χ2v) is 5.60. The van der Waals surface area contributed by atoms with Crippen LogP contribution in [0.25, 0.3) is 33.4 Å². The summed E-state index contributed by atoms with van der Waals surface area (Å²) in [6.07, 6.45) is 0. The first-order valence-corrected chi connectivity index (χ1v) is 7.34. The monoisotopic (exact) mass is 288 g/mol. The topological polar surface area (TPSA) is 41.8 Å². The van der Waals surface area contributed by atoms with Gasteiger partial charge >= 0.3 is 0 Å². The Labute approximate surface area is 128 Å². The minimum atomic E-state index is 0.821. The van der Waals surface area contributed by atoms with Crippen LogP contribution in [0, 0.1) is 13.8 Å². The van der Waals surface area contributed by atoms with Gasteiger partial charge in [0, 0.05) is 16.5 Å². The molecule has 0 aliphatic heterocycles. The Morgan fingerprint density at radius 2 is 1.77 bits per heavy atom. The van der Waals surface area contributed by atoms with Gasteiger partial charge in [-0.1, -0.05) is 47.1 Å². The molecule has 0 atom stereocenters. The summed E-state index contributed by atoms with van der Waals surface area (Å²) in [6.45, 7) is 4.05. The third kappa shape index (κ3) is 2.02. The Hall–Kier alpha value is -2.81. The van der Waals surface area contributed by atoms with E-state index in [9.17, 15) is 0 Å². The van der Waals surface area contributed by atoms with E-state index in [1.165, 1.54) is 10.9 Å². The van der Waals surface area contributed by atoms with Crippen LogP contribution in [-0.4, -0.2) is 10.1 Å². The fourth-order valence-corrected chi connectivity index (χ4v) is 2.87. The van der Waals surface area contributed by atoms with Gasteiger partial charge < -0.3 is 9.51 Å². The summed E-state index contributed by atoms with van der Waals surface area (Å²) in [6, 6.07) is 18.7. The predicted molar refractivity (Wildman–Crippen MR) is 88.7 cm³/mol. The number of nitrogens with one attached hydrogen (secondary N) is 1. The zero-order valence-electron chi connectivity index (χ0n) is 12.6.